The van der Waals surface area contributed by atoms with E-state index in [4.69, 9.17) is 19.9 Å². The van der Waals surface area contributed by atoms with Crippen LogP contribution in [0, 0.1) is 5.92 Å². The number of carbonyl (C=O) groups is 1. The van der Waals surface area contributed by atoms with Crippen molar-refractivity contribution in [3.8, 4) is 10.6 Å². The number of rotatable bonds is 6. The minimum atomic E-state index is -1.12. The summed E-state index contributed by atoms with van der Waals surface area (Å²) in [5, 5.41) is 47.4. The van der Waals surface area contributed by atoms with E-state index in [1.165, 1.54) is 0 Å². The Bertz CT molecular complexity index is 1310. The number of nitrogens with zero attached hydrogens (tertiary/aromatic N) is 2. The molecule has 2 aromatic carbocycles. The minimum absolute atomic E-state index is 0.396. The maximum atomic E-state index is 10.7. The number of carboxylic acid groups (broad SMARTS) is 1. The molecule has 5 rings (SSSR count). The summed E-state index contributed by atoms with van der Waals surface area (Å²) in [6, 6.07) is 17.1. The normalized spacial score (nSPS) is 21.2. The van der Waals surface area contributed by atoms with Gasteiger partial charge in [0, 0.05) is 12.4 Å². The average Bonchev–Trinajstić information content (AvgIpc) is 3.42. The highest BCUT2D eigenvalue weighted by molar-refractivity contribution is 7.21. The molecule has 4 aromatic rings. The van der Waals surface area contributed by atoms with Gasteiger partial charge in [-0.05, 0) is 44.5 Å². The molecule has 0 saturated heterocycles. The number of aromatic amines is 1. The van der Waals surface area contributed by atoms with Crippen molar-refractivity contribution in [1.29, 1.82) is 0 Å². The predicted octanol–water partition coefficient (Wildman–Crippen LogP) is 1.58. The van der Waals surface area contributed by atoms with Crippen LogP contribution in [0.1, 0.15) is 20.3 Å². The average molecular weight is 524 g/mol. The molecule has 1 saturated carbocycles. The van der Waals surface area contributed by atoms with Crippen LogP contribution in [0.25, 0.3) is 20.8 Å². The number of aliphatic hydroxyl groups is 3. The molecular weight excluding hydrogens is 494 g/mol. The van der Waals surface area contributed by atoms with Gasteiger partial charge in [0.15, 0.2) is 0 Å². The van der Waals surface area contributed by atoms with Gasteiger partial charge in [-0.3, -0.25) is 0 Å². The Kier molecular flexibility index (Phi) is 7.98. The molecule has 11 heteroatoms. The number of H-pyrrole nitrogens is 1. The molecule has 37 heavy (non-hydrogen) atoms. The van der Waals surface area contributed by atoms with Crippen molar-refractivity contribution in [2.24, 2.45) is 5.92 Å². The molecule has 6 N–H and O–H groups in total. The molecule has 0 amide bonds. The number of hydrogen-bond donors (Lipinski definition) is 5. The monoisotopic (exact) mass is 523 g/mol. The first kappa shape index (κ1) is 26.4. The number of aliphatic hydroxyl groups excluding tert-OH is 2. The van der Waals surface area contributed by atoms with E-state index in [9.17, 15) is 15.3 Å². The van der Waals surface area contributed by atoms with Gasteiger partial charge in [0.25, 0.3) is 0 Å². The van der Waals surface area contributed by atoms with Crippen molar-refractivity contribution >= 4 is 45.5 Å². The largest absolute Gasteiger partial charge is 0.554 e. The van der Waals surface area contributed by atoms with Gasteiger partial charge in [-0.15, -0.1) is 11.3 Å². The Morgan fingerprint density at radius 1 is 1.08 bits per heavy atom. The minimum Gasteiger partial charge on any atom is -0.554 e. The number of hydrogen-bond acceptors (Lipinski definition) is 10. The molecule has 4 atom stereocenters. The maximum absolute atomic E-state index is 10.7. The van der Waals surface area contributed by atoms with E-state index in [1.54, 1.807) is 25.2 Å². The van der Waals surface area contributed by atoms with Gasteiger partial charge >= 0.3 is 5.95 Å². The highest BCUT2D eigenvalue weighted by atomic mass is 32.1. The fourth-order valence-electron chi connectivity index (χ4n) is 4.45. The summed E-state index contributed by atoms with van der Waals surface area (Å²) in [5.74, 6) is 0.581. The zero-order valence-electron chi connectivity index (χ0n) is 20.3. The Labute approximate surface area is 217 Å². The zero-order valence-corrected chi connectivity index (χ0v) is 21.1. The lowest BCUT2D eigenvalue weighted by atomic mass is 9.88. The highest BCUT2D eigenvalue weighted by Gasteiger charge is 2.48. The van der Waals surface area contributed by atoms with E-state index in [0.717, 1.165) is 26.5 Å². The lowest BCUT2D eigenvalue weighted by molar-refractivity contribution is -0.363. The number of thiazole rings is 1. The molecule has 1 aliphatic rings. The molecule has 1 fully saturated rings. The Balaban J connectivity index is 0.00000102. The molecule has 0 spiro atoms. The molecule has 0 bridgehead atoms. The van der Waals surface area contributed by atoms with Gasteiger partial charge in [-0.25, -0.2) is 15.3 Å². The fraction of sp³-hybridized carbons (Fsp3) is 0.308. The summed E-state index contributed by atoms with van der Waals surface area (Å²) in [5.41, 5.74) is 1.42. The number of benzene rings is 2. The Morgan fingerprint density at radius 3 is 2.41 bits per heavy atom. The van der Waals surface area contributed by atoms with Crippen LogP contribution in [0.4, 0.5) is 17.5 Å². The van der Waals surface area contributed by atoms with E-state index in [0.29, 0.717) is 18.2 Å². The van der Waals surface area contributed by atoms with Crippen LogP contribution in [-0.4, -0.2) is 55.6 Å². The smallest absolute Gasteiger partial charge is 0.396 e. The van der Waals surface area contributed by atoms with Gasteiger partial charge in [0.2, 0.25) is 5.82 Å². The quantitative estimate of drug-likeness (QED) is 0.236. The maximum Gasteiger partial charge on any atom is 0.396 e. The molecule has 0 radical (unpaired) electrons. The topological polar surface area (TPSA) is 165 Å². The predicted molar refractivity (Wildman–Crippen MR) is 139 cm³/mol. The van der Waals surface area contributed by atoms with Crippen LogP contribution in [0.15, 0.2) is 60.8 Å². The molecule has 194 valence electrons. The van der Waals surface area contributed by atoms with E-state index in [-0.39, 0.29) is 0 Å². The lowest BCUT2D eigenvalue weighted by Gasteiger charge is -2.28. The van der Waals surface area contributed by atoms with Crippen LogP contribution in [0.2, 0.25) is 0 Å². The molecule has 2 aromatic heterocycles. The summed E-state index contributed by atoms with van der Waals surface area (Å²) in [6.45, 7) is 2.81. The van der Waals surface area contributed by atoms with Gasteiger partial charge in [0.05, 0.1) is 39.8 Å². The number of para-hydroxylation sites is 2. The summed E-state index contributed by atoms with van der Waals surface area (Å²) in [4.78, 5) is 21.0. The van der Waals surface area contributed by atoms with Crippen molar-refractivity contribution < 1.29 is 30.2 Å². The van der Waals surface area contributed by atoms with Crippen molar-refractivity contribution in [3.63, 3.8) is 0 Å². The third-order valence-electron chi connectivity index (χ3n) is 6.30. The van der Waals surface area contributed by atoms with E-state index in [1.807, 2.05) is 60.8 Å². The number of fused-ring (bicyclic) bond motifs is 1. The van der Waals surface area contributed by atoms with E-state index in [2.05, 4.69) is 15.6 Å². The van der Waals surface area contributed by atoms with Crippen LogP contribution in [0.3, 0.4) is 0 Å². The Hall–Kier alpha value is -3.64. The standard InChI is InChI=1S/C25H27N5O3S.CH2O2/c1-25(2,33)16-12-18(21(32)20(16)31)28-22-15(23-29-17-10-6-7-11-19(17)34-23)13-26-24(30-22)27-14-8-4-3-5-9-14;2-1-3/h3-11,13,16,18,20-21,31-33H,12H2,1-2H3,(H2,26,27,28,30);1H,(H,2,3)/t16-,18+,20+,21-;/m0./s1. The van der Waals surface area contributed by atoms with Gasteiger partial charge in [0.1, 0.15) is 16.7 Å². The first-order valence-electron chi connectivity index (χ1n) is 11.7. The number of carbonyl (C=O) groups excluding carboxylic acids is 1. The van der Waals surface area contributed by atoms with Crippen LogP contribution in [-0.2, 0) is 4.79 Å². The summed E-state index contributed by atoms with van der Waals surface area (Å²) >= 11 is 1.56. The molecule has 10 nitrogen and oxygen atoms in total. The van der Waals surface area contributed by atoms with Gasteiger partial charge in [-0.2, -0.15) is 0 Å². The van der Waals surface area contributed by atoms with Crippen molar-refractivity contribution in [1.82, 2.24) is 9.97 Å². The second-order valence-electron chi connectivity index (χ2n) is 9.31. The summed E-state index contributed by atoms with van der Waals surface area (Å²) in [6.07, 6.45) is 0.146. The first-order valence-corrected chi connectivity index (χ1v) is 12.5. The van der Waals surface area contributed by atoms with Gasteiger partial charge in [-0.1, -0.05) is 35.3 Å². The summed E-state index contributed by atoms with van der Waals surface area (Å²) in [7, 11) is 0. The molecule has 0 aliphatic heterocycles. The van der Waals surface area contributed by atoms with Gasteiger partial charge < -0.3 is 30.5 Å². The second-order valence-corrected chi connectivity index (χ2v) is 10.3. The third kappa shape index (κ3) is 6.03. The fourth-order valence-corrected chi connectivity index (χ4v) is 5.43. The van der Waals surface area contributed by atoms with Crippen molar-refractivity contribution in [2.45, 2.75) is 44.1 Å². The first-order chi connectivity index (χ1) is 17.7. The molecule has 1 aliphatic carbocycles. The lowest BCUT2D eigenvalue weighted by Crippen LogP contribution is -2.40. The number of anilines is 3. The van der Waals surface area contributed by atoms with Crippen molar-refractivity contribution in [2.75, 3.05) is 10.6 Å². The molecular formula is C26H29N5O5S. The van der Waals surface area contributed by atoms with E-state index >= 15 is 0 Å². The third-order valence-corrected chi connectivity index (χ3v) is 7.37. The van der Waals surface area contributed by atoms with Crippen LogP contribution >= 0.6 is 11.3 Å². The highest BCUT2D eigenvalue weighted by Crippen LogP contribution is 2.38. The number of nitrogens with one attached hydrogen (secondary N) is 3. The van der Waals surface area contributed by atoms with Crippen molar-refractivity contribution in [3.05, 3.63) is 60.8 Å². The Morgan fingerprint density at radius 2 is 1.76 bits per heavy atom. The summed E-state index contributed by atoms with van der Waals surface area (Å²) < 4.78 is 1.06. The van der Waals surface area contributed by atoms with E-state index < -0.39 is 36.2 Å². The zero-order chi connectivity index (χ0) is 26.6. The molecule has 0 unspecified atom stereocenters. The van der Waals surface area contributed by atoms with Crippen LogP contribution < -0.4 is 20.7 Å². The molecule has 2 heterocycles. The number of aromatic nitrogens is 3. The second kappa shape index (κ2) is 11.2. The van der Waals surface area contributed by atoms with Crippen LogP contribution in [0.5, 0.6) is 0 Å². The SMILES string of the molecule is CC(C)(O)[C@H]1C[C@@H](Nc2nc(Nc3ccccc3)[nH+]cc2-c2nc3ccccc3s2)[C@H](O)[C@@H]1O.O=C[O-].